The van der Waals surface area contributed by atoms with E-state index < -0.39 is 0 Å². The first kappa shape index (κ1) is 9.13. The normalized spacial score (nSPS) is 12.2. The quantitative estimate of drug-likeness (QED) is 0.690. The van der Waals surface area contributed by atoms with Crippen LogP contribution in [0.3, 0.4) is 0 Å². The minimum atomic E-state index is -0.0224. The lowest BCUT2D eigenvalue weighted by atomic mass is 9.93. The van der Waals surface area contributed by atoms with Crippen molar-refractivity contribution in [3.63, 3.8) is 0 Å². The molecule has 0 amide bonds. The van der Waals surface area contributed by atoms with Crippen LogP contribution in [0.15, 0.2) is 28.7 Å². The van der Waals surface area contributed by atoms with Crippen LogP contribution in [-0.4, -0.2) is 5.11 Å². The van der Waals surface area contributed by atoms with Gasteiger partial charge in [0.2, 0.25) is 0 Å². The van der Waals surface area contributed by atoms with E-state index in [9.17, 15) is 5.11 Å². The average molecular weight is 190 g/mol. The van der Waals surface area contributed by atoms with Crippen LogP contribution in [0.1, 0.15) is 26.5 Å². The Morgan fingerprint density at radius 1 is 1.21 bits per heavy atom. The second-order valence-electron chi connectivity index (χ2n) is 4.55. The van der Waals surface area contributed by atoms with E-state index in [1.54, 1.807) is 12.1 Å². The third-order valence-electron chi connectivity index (χ3n) is 2.28. The van der Waals surface area contributed by atoms with Crippen molar-refractivity contribution in [1.29, 1.82) is 0 Å². The molecule has 14 heavy (non-hydrogen) atoms. The Hall–Kier alpha value is -1.44. The Morgan fingerprint density at radius 3 is 2.50 bits per heavy atom. The van der Waals surface area contributed by atoms with E-state index >= 15 is 0 Å². The molecule has 2 heteroatoms. The van der Waals surface area contributed by atoms with Crippen LogP contribution >= 0.6 is 0 Å². The van der Waals surface area contributed by atoms with Crippen LogP contribution < -0.4 is 0 Å². The number of hydrogen-bond donors (Lipinski definition) is 1. The topological polar surface area (TPSA) is 33.4 Å². The summed E-state index contributed by atoms with van der Waals surface area (Å²) in [6, 6.07) is 7.23. The molecule has 0 aliphatic carbocycles. The number of fused-ring (bicyclic) bond motifs is 1. The van der Waals surface area contributed by atoms with E-state index in [0.717, 1.165) is 16.7 Å². The van der Waals surface area contributed by atoms with Gasteiger partial charge in [-0.25, -0.2) is 0 Å². The van der Waals surface area contributed by atoms with Crippen molar-refractivity contribution in [3.05, 3.63) is 30.0 Å². The van der Waals surface area contributed by atoms with Gasteiger partial charge in [-0.15, -0.1) is 0 Å². The molecular formula is C12H14O2. The summed E-state index contributed by atoms with van der Waals surface area (Å²) in [5.41, 5.74) is 0.723. The molecule has 0 spiro atoms. The summed E-state index contributed by atoms with van der Waals surface area (Å²) < 4.78 is 5.65. The number of phenolic OH excluding ortho intramolecular Hbond substituents is 1. The minimum Gasteiger partial charge on any atom is -0.507 e. The third-order valence-corrected chi connectivity index (χ3v) is 2.28. The molecule has 1 aromatic heterocycles. The second kappa shape index (κ2) is 2.77. The van der Waals surface area contributed by atoms with Crippen LogP contribution in [0.25, 0.3) is 11.0 Å². The molecule has 1 N–H and O–H groups in total. The van der Waals surface area contributed by atoms with Gasteiger partial charge in [0.15, 0.2) is 0 Å². The molecule has 0 aliphatic rings. The maximum Gasteiger partial charge on any atom is 0.138 e. The molecular weight excluding hydrogens is 176 g/mol. The SMILES string of the molecule is CC(C)(C)c1cc2c(O)cccc2o1. The van der Waals surface area contributed by atoms with E-state index in [0.29, 0.717) is 0 Å². The summed E-state index contributed by atoms with van der Waals surface area (Å²) in [5, 5.41) is 10.4. The van der Waals surface area contributed by atoms with Gasteiger partial charge in [-0.2, -0.15) is 0 Å². The van der Waals surface area contributed by atoms with Crippen LogP contribution in [0, 0.1) is 0 Å². The van der Waals surface area contributed by atoms with Crippen LogP contribution in [0.2, 0.25) is 0 Å². The molecule has 1 heterocycles. The average Bonchev–Trinajstić information content (AvgIpc) is 2.48. The molecule has 0 unspecified atom stereocenters. The Balaban J connectivity index is 2.69. The van der Waals surface area contributed by atoms with Crippen molar-refractivity contribution in [2.45, 2.75) is 26.2 Å². The molecule has 0 aliphatic heterocycles. The van der Waals surface area contributed by atoms with Crippen molar-refractivity contribution >= 4 is 11.0 Å². The standard InChI is InChI=1S/C12H14O2/c1-12(2,3)11-7-8-9(13)5-4-6-10(8)14-11/h4-7,13H,1-3H3. The Bertz CT molecular complexity index is 461. The Labute approximate surface area is 83.2 Å². The largest absolute Gasteiger partial charge is 0.507 e. The van der Waals surface area contributed by atoms with Gasteiger partial charge in [-0.05, 0) is 18.2 Å². The lowest BCUT2D eigenvalue weighted by molar-refractivity contribution is 0.430. The molecule has 1 aromatic carbocycles. The van der Waals surface area contributed by atoms with Crippen LogP contribution in [-0.2, 0) is 5.41 Å². The summed E-state index contributed by atoms with van der Waals surface area (Å²) in [4.78, 5) is 0. The highest BCUT2D eigenvalue weighted by Crippen LogP contribution is 2.32. The number of furan rings is 1. The van der Waals surface area contributed by atoms with Gasteiger partial charge in [-0.1, -0.05) is 26.8 Å². The van der Waals surface area contributed by atoms with Crippen molar-refractivity contribution in [2.75, 3.05) is 0 Å². The number of benzene rings is 1. The van der Waals surface area contributed by atoms with Crippen LogP contribution in [0.4, 0.5) is 0 Å². The van der Waals surface area contributed by atoms with Crippen LogP contribution in [0.5, 0.6) is 5.75 Å². The van der Waals surface area contributed by atoms with Crippen molar-refractivity contribution in [1.82, 2.24) is 0 Å². The first-order valence-electron chi connectivity index (χ1n) is 4.70. The Morgan fingerprint density at radius 2 is 1.93 bits per heavy atom. The highest BCUT2D eigenvalue weighted by atomic mass is 16.3. The molecule has 74 valence electrons. The zero-order valence-electron chi connectivity index (χ0n) is 8.66. The number of hydrogen-bond acceptors (Lipinski definition) is 2. The Kier molecular flexibility index (Phi) is 1.81. The fraction of sp³-hybridized carbons (Fsp3) is 0.333. The van der Waals surface area contributed by atoms with E-state index in [4.69, 9.17) is 4.42 Å². The zero-order chi connectivity index (χ0) is 10.3. The number of rotatable bonds is 0. The van der Waals surface area contributed by atoms with Gasteiger partial charge in [0, 0.05) is 5.41 Å². The number of aromatic hydroxyl groups is 1. The first-order chi connectivity index (χ1) is 6.48. The van der Waals surface area contributed by atoms with Gasteiger partial charge >= 0.3 is 0 Å². The van der Waals surface area contributed by atoms with E-state index in [1.165, 1.54) is 0 Å². The molecule has 2 rings (SSSR count). The smallest absolute Gasteiger partial charge is 0.138 e. The van der Waals surface area contributed by atoms with Gasteiger partial charge in [0.1, 0.15) is 17.1 Å². The van der Waals surface area contributed by atoms with Gasteiger partial charge < -0.3 is 9.52 Å². The lowest BCUT2D eigenvalue weighted by Crippen LogP contribution is -2.08. The summed E-state index contributed by atoms with van der Waals surface area (Å²) in [7, 11) is 0. The van der Waals surface area contributed by atoms with Crippen molar-refractivity contribution in [2.24, 2.45) is 0 Å². The summed E-state index contributed by atoms with van der Waals surface area (Å²) in [6.07, 6.45) is 0. The molecule has 2 nitrogen and oxygen atoms in total. The molecule has 0 fully saturated rings. The van der Waals surface area contributed by atoms with Crippen molar-refractivity contribution in [3.8, 4) is 5.75 Å². The third kappa shape index (κ3) is 1.37. The fourth-order valence-electron chi connectivity index (χ4n) is 1.42. The first-order valence-corrected chi connectivity index (χ1v) is 4.70. The maximum atomic E-state index is 9.59. The van der Waals surface area contributed by atoms with Crippen molar-refractivity contribution < 1.29 is 9.52 Å². The second-order valence-corrected chi connectivity index (χ2v) is 4.55. The fourth-order valence-corrected chi connectivity index (χ4v) is 1.42. The summed E-state index contributed by atoms with van der Waals surface area (Å²) >= 11 is 0. The van der Waals surface area contributed by atoms with Gasteiger partial charge in [0.05, 0.1) is 5.39 Å². The maximum absolute atomic E-state index is 9.59. The van der Waals surface area contributed by atoms with Gasteiger partial charge in [-0.3, -0.25) is 0 Å². The molecule has 0 bridgehead atoms. The monoisotopic (exact) mass is 190 g/mol. The zero-order valence-corrected chi connectivity index (χ0v) is 8.66. The summed E-state index contributed by atoms with van der Waals surface area (Å²) in [5.74, 6) is 1.18. The summed E-state index contributed by atoms with van der Waals surface area (Å²) in [6.45, 7) is 6.26. The highest BCUT2D eigenvalue weighted by Gasteiger charge is 2.19. The predicted octanol–water partition coefficient (Wildman–Crippen LogP) is 3.44. The van der Waals surface area contributed by atoms with E-state index in [2.05, 4.69) is 20.8 Å². The predicted molar refractivity (Wildman–Crippen MR) is 56.6 cm³/mol. The molecule has 0 saturated carbocycles. The molecule has 0 radical (unpaired) electrons. The molecule has 0 saturated heterocycles. The highest BCUT2D eigenvalue weighted by molar-refractivity contribution is 5.84. The molecule has 2 aromatic rings. The number of phenols is 1. The lowest BCUT2D eigenvalue weighted by Gasteiger charge is -2.13. The van der Waals surface area contributed by atoms with E-state index in [-0.39, 0.29) is 11.2 Å². The van der Waals surface area contributed by atoms with Gasteiger partial charge in [0.25, 0.3) is 0 Å². The molecule has 0 atom stereocenters. The minimum absolute atomic E-state index is 0.0224. The van der Waals surface area contributed by atoms with E-state index in [1.807, 2.05) is 12.1 Å².